The predicted molar refractivity (Wildman–Crippen MR) is 270 cm³/mol. The molecule has 11 rings (SSSR count). The number of rotatable bonds is 11. The first-order valence-electron chi connectivity index (χ1n) is 27.5. The Morgan fingerprint density at radius 2 is 1.27 bits per heavy atom. The van der Waals surface area contributed by atoms with E-state index in [1.165, 1.54) is 5.57 Å². The number of ether oxygens (including phenoxy) is 9. The molecule has 1 spiro atoms. The molecule has 75 heavy (non-hydrogen) atoms. The van der Waals surface area contributed by atoms with Crippen LogP contribution in [0.15, 0.2) is 103 Å². The SMILES string of the molecule is C[C@@H]1CC[C@@]2(OC1)O[C@H]1C[C@H]3[C@@H]4CC=C5C[C@@H](O[C@@H]6O[C@H](CO)[C@@H](O)[C@H](O)[C@H]6O[C@@H]6O[C@@H](C)[C@H](OC(=O)c7ccccc7)[C@@H](OC(=O)c7ccccc7)[C@H]6OC(=O)c6ccccc6)CC[C@]5(C)[C@H]4CC[C@]3(C)[C@H]1[C@@H]2C. The van der Waals surface area contributed by atoms with Crippen LogP contribution in [-0.4, -0.2) is 126 Å². The molecule has 4 heterocycles. The van der Waals surface area contributed by atoms with Crippen molar-refractivity contribution in [3.05, 3.63) is 119 Å². The van der Waals surface area contributed by atoms with E-state index in [0.717, 1.165) is 51.6 Å². The Bertz CT molecular complexity index is 2530. The zero-order valence-electron chi connectivity index (χ0n) is 43.6. The molecule has 0 amide bonds. The van der Waals surface area contributed by atoms with Gasteiger partial charge in [0, 0.05) is 12.3 Å². The lowest BCUT2D eigenvalue weighted by molar-refractivity contribution is -0.368. The van der Waals surface area contributed by atoms with Crippen molar-refractivity contribution in [2.45, 2.75) is 172 Å². The lowest BCUT2D eigenvalue weighted by Gasteiger charge is -2.58. The van der Waals surface area contributed by atoms with Crippen LogP contribution < -0.4 is 0 Å². The number of hydrogen-bond donors (Lipinski definition) is 3. The largest absolute Gasteiger partial charge is 0.452 e. The summed E-state index contributed by atoms with van der Waals surface area (Å²) in [5.74, 6) is 0.158. The van der Waals surface area contributed by atoms with Crippen LogP contribution in [0.3, 0.4) is 0 Å². The molecule has 15 heteroatoms. The Labute approximate surface area is 439 Å². The van der Waals surface area contributed by atoms with Crippen LogP contribution in [0.4, 0.5) is 0 Å². The number of benzene rings is 3. The highest BCUT2D eigenvalue weighted by atomic mass is 16.8. The smallest absolute Gasteiger partial charge is 0.338 e. The van der Waals surface area contributed by atoms with Crippen LogP contribution in [0.1, 0.15) is 123 Å². The highest BCUT2D eigenvalue weighted by Gasteiger charge is 2.69. The zero-order valence-corrected chi connectivity index (χ0v) is 43.6. The van der Waals surface area contributed by atoms with Crippen molar-refractivity contribution < 1.29 is 72.3 Å². The van der Waals surface area contributed by atoms with Gasteiger partial charge in [-0.1, -0.05) is 93.9 Å². The molecule has 21 atom stereocenters. The van der Waals surface area contributed by atoms with E-state index < -0.39 is 91.7 Å². The summed E-state index contributed by atoms with van der Waals surface area (Å²) in [4.78, 5) is 41.8. The summed E-state index contributed by atoms with van der Waals surface area (Å²) in [7, 11) is 0. The Hall–Kier alpha value is -4.55. The van der Waals surface area contributed by atoms with Gasteiger partial charge in [-0.05, 0) is 135 Å². The molecule has 0 aromatic heterocycles. The van der Waals surface area contributed by atoms with E-state index in [9.17, 15) is 29.7 Å². The van der Waals surface area contributed by atoms with Crippen molar-refractivity contribution in [2.24, 2.45) is 46.3 Å². The Balaban J connectivity index is 0.847. The summed E-state index contributed by atoms with van der Waals surface area (Å²) in [5, 5.41) is 33.8. The highest BCUT2D eigenvalue weighted by Crippen LogP contribution is 2.70. The van der Waals surface area contributed by atoms with E-state index in [1.54, 1.807) is 97.9 Å². The second-order valence-corrected chi connectivity index (χ2v) is 23.5. The minimum absolute atomic E-state index is 0.0422. The summed E-state index contributed by atoms with van der Waals surface area (Å²) in [6.45, 7) is 11.4. The van der Waals surface area contributed by atoms with Gasteiger partial charge in [0.1, 0.15) is 24.4 Å². The third kappa shape index (κ3) is 9.60. The lowest BCUT2D eigenvalue weighted by atomic mass is 9.47. The van der Waals surface area contributed by atoms with E-state index in [4.69, 9.17) is 42.6 Å². The van der Waals surface area contributed by atoms with Gasteiger partial charge < -0.3 is 58.0 Å². The molecule has 4 aliphatic heterocycles. The van der Waals surface area contributed by atoms with Crippen LogP contribution >= 0.6 is 0 Å². The standard InChI is InChI=1S/C60H74O15/c1-33-23-28-60(67-32-33)34(2)46-44(75-60)30-43-41-22-21-39-29-40(24-26-58(39,4)42(41)25-27-59(43,46)5)69-56-50(48(63)47(62)45(31-61)70-56)74-57-52(73-55(66)38-19-13-8-14-20-38)51(72-54(65)37-17-11-7-12-18-37)49(35(3)68-57)71-53(64)36-15-9-6-10-16-36/h6-21,33-35,40-52,56-57,61-63H,22-32H2,1-5H3/t33-,34+,35+,40+,41-,42+,43+,44+,45-,46+,47-,48+,49+,50-,51-,52-,56-,57+,58+,59+,60-/m1/s1. The number of aliphatic hydroxyl groups is 3. The molecule has 7 fully saturated rings. The average Bonchev–Trinajstić information content (AvgIpc) is 3.88. The van der Waals surface area contributed by atoms with Crippen LogP contribution in [0.2, 0.25) is 0 Å². The van der Waals surface area contributed by atoms with Crippen molar-refractivity contribution in [2.75, 3.05) is 13.2 Å². The van der Waals surface area contributed by atoms with Crippen LogP contribution in [0, 0.1) is 46.3 Å². The van der Waals surface area contributed by atoms with Crippen molar-refractivity contribution in [3.8, 4) is 0 Å². The van der Waals surface area contributed by atoms with Crippen molar-refractivity contribution in [3.63, 3.8) is 0 Å². The maximum Gasteiger partial charge on any atom is 0.338 e. The highest BCUT2D eigenvalue weighted by molar-refractivity contribution is 5.91. The quantitative estimate of drug-likeness (QED) is 0.0950. The van der Waals surface area contributed by atoms with E-state index in [1.807, 2.05) is 0 Å². The van der Waals surface area contributed by atoms with Crippen molar-refractivity contribution in [1.29, 1.82) is 0 Å². The molecule has 0 unspecified atom stereocenters. The Morgan fingerprint density at radius 1 is 0.667 bits per heavy atom. The molecule has 404 valence electrons. The fourth-order valence-electron chi connectivity index (χ4n) is 15.2. The number of hydrogen-bond acceptors (Lipinski definition) is 15. The third-order valence-electron chi connectivity index (χ3n) is 19.3. The van der Waals surface area contributed by atoms with Gasteiger partial charge in [0.15, 0.2) is 36.7 Å². The topological polar surface area (TPSA) is 195 Å². The van der Waals surface area contributed by atoms with Gasteiger partial charge in [-0.15, -0.1) is 0 Å². The second kappa shape index (κ2) is 21.0. The molecule has 3 aromatic carbocycles. The summed E-state index contributed by atoms with van der Waals surface area (Å²) in [6.07, 6.45) is -3.71. The Kier molecular flexibility index (Phi) is 14.7. The number of aliphatic hydroxyl groups excluding tert-OH is 3. The van der Waals surface area contributed by atoms with Crippen LogP contribution in [0.5, 0.6) is 0 Å². The van der Waals surface area contributed by atoms with Crippen molar-refractivity contribution in [1.82, 2.24) is 0 Å². The summed E-state index contributed by atoms with van der Waals surface area (Å²) in [6, 6.07) is 24.6. The first kappa shape index (κ1) is 52.5. The number of esters is 3. The van der Waals surface area contributed by atoms with Gasteiger partial charge in [0.25, 0.3) is 0 Å². The van der Waals surface area contributed by atoms with Gasteiger partial charge in [-0.3, -0.25) is 0 Å². The predicted octanol–water partition coefficient (Wildman–Crippen LogP) is 7.98. The van der Waals surface area contributed by atoms with E-state index >= 15 is 0 Å². The zero-order chi connectivity index (χ0) is 52.4. The fraction of sp³-hybridized carbons (Fsp3) is 0.617. The summed E-state index contributed by atoms with van der Waals surface area (Å²) >= 11 is 0. The molecule has 15 nitrogen and oxygen atoms in total. The molecule has 0 radical (unpaired) electrons. The average molecular weight is 1040 g/mol. The number of carbonyl (C=O) groups excluding carboxylic acids is 3. The molecule has 4 saturated heterocycles. The van der Waals surface area contributed by atoms with Crippen molar-refractivity contribution >= 4 is 17.9 Å². The van der Waals surface area contributed by atoms with Crippen LogP contribution in [0.25, 0.3) is 0 Å². The molecule has 3 N–H and O–H groups in total. The van der Waals surface area contributed by atoms with Gasteiger partial charge in [-0.25, -0.2) is 14.4 Å². The molecule has 3 saturated carbocycles. The van der Waals surface area contributed by atoms with Crippen LogP contribution in [-0.2, 0) is 42.6 Å². The maximum absolute atomic E-state index is 14.1. The maximum atomic E-state index is 14.1. The third-order valence-corrected chi connectivity index (χ3v) is 19.3. The minimum atomic E-state index is -1.70. The van der Waals surface area contributed by atoms with Gasteiger partial charge in [-0.2, -0.15) is 0 Å². The molecule has 0 bridgehead atoms. The van der Waals surface area contributed by atoms with E-state index in [2.05, 4.69) is 33.8 Å². The molecule has 4 aliphatic carbocycles. The second-order valence-electron chi connectivity index (χ2n) is 23.5. The van der Waals surface area contributed by atoms with E-state index in [0.29, 0.717) is 48.3 Å². The first-order valence-corrected chi connectivity index (χ1v) is 27.5. The minimum Gasteiger partial charge on any atom is -0.452 e. The molecular weight excluding hydrogens is 961 g/mol. The first-order chi connectivity index (χ1) is 36.1. The Morgan fingerprint density at radius 3 is 1.87 bits per heavy atom. The number of fused-ring (bicyclic) bond motifs is 7. The summed E-state index contributed by atoms with van der Waals surface area (Å²) < 4.78 is 58.3. The van der Waals surface area contributed by atoms with Gasteiger partial charge in [0.05, 0.1) is 48.2 Å². The molecular formula is C60H74O15. The fourth-order valence-corrected chi connectivity index (χ4v) is 15.2. The lowest BCUT2D eigenvalue weighted by Crippen LogP contribution is -2.65. The monoisotopic (exact) mass is 1030 g/mol. The van der Waals surface area contributed by atoms with Gasteiger partial charge >= 0.3 is 17.9 Å². The normalized spacial score (nSPS) is 43.0. The number of allylic oxidation sites excluding steroid dienone is 1. The van der Waals surface area contributed by atoms with Gasteiger partial charge in [0.2, 0.25) is 0 Å². The van der Waals surface area contributed by atoms with E-state index in [-0.39, 0.29) is 39.7 Å². The summed E-state index contributed by atoms with van der Waals surface area (Å²) in [5.41, 5.74) is 2.04. The molecule has 3 aromatic rings. The number of carbonyl (C=O) groups is 3. The molecule has 8 aliphatic rings.